The summed E-state index contributed by atoms with van der Waals surface area (Å²) in [5.74, 6) is 1.93. The van der Waals surface area contributed by atoms with Gasteiger partial charge in [-0.3, -0.25) is 4.79 Å². The molecule has 0 bridgehead atoms. The Hall–Kier alpha value is -0.610. The maximum Gasteiger partial charge on any atom is 0.237 e. The van der Waals surface area contributed by atoms with Crippen molar-refractivity contribution in [1.29, 1.82) is 0 Å². The molecular weight excluding hydrogens is 276 g/mol. The molecule has 1 aliphatic heterocycles. The molecule has 3 fully saturated rings. The van der Waals surface area contributed by atoms with Gasteiger partial charge in [-0.25, -0.2) is 0 Å². The van der Waals surface area contributed by atoms with E-state index in [1.165, 1.54) is 38.5 Å². The van der Waals surface area contributed by atoms with Crippen LogP contribution in [0.5, 0.6) is 0 Å². The zero-order chi connectivity index (χ0) is 15.5. The van der Waals surface area contributed by atoms with Crippen molar-refractivity contribution in [1.82, 2.24) is 10.6 Å². The van der Waals surface area contributed by atoms with E-state index in [1.807, 2.05) is 0 Å². The summed E-state index contributed by atoms with van der Waals surface area (Å²) in [7, 11) is 0. The third-order valence-electron chi connectivity index (χ3n) is 6.35. The Morgan fingerprint density at radius 3 is 2.64 bits per heavy atom. The van der Waals surface area contributed by atoms with Crippen LogP contribution in [0.15, 0.2) is 0 Å². The fourth-order valence-electron chi connectivity index (χ4n) is 5.01. The number of nitrogens with one attached hydrogen (secondary N) is 2. The lowest BCUT2D eigenvalue weighted by atomic mass is 9.78. The van der Waals surface area contributed by atoms with E-state index in [-0.39, 0.29) is 24.6 Å². The maximum atomic E-state index is 12.6. The zero-order valence-electron chi connectivity index (χ0n) is 13.9. The number of rotatable bonds is 4. The average Bonchev–Trinajstić information content (AvgIpc) is 2.99. The van der Waals surface area contributed by atoms with Gasteiger partial charge in [0, 0.05) is 6.04 Å². The Labute approximate surface area is 134 Å². The van der Waals surface area contributed by atoms with Gasteiger partial charge in [0.05, 0.1) is 18.7 Å². The van der Waals surface area contributed by atoms with Crippen LogP contribution in [0.3, 0.4) is 0 Å². The van der Waals surface area contributed by atoms with Gasteiger partial charge in [0.15, 0.2) is 0 Å². The predicted octanol–water partition coefficient (Wildman–Crippen LogP) is 2.21. The van der Waals surface area contributed by atoms with E-state index in [0.29, 0.717) is 23.8 Å². The highest BCUT2D eigenvalue weighted by molar-refractivity contribution is 5.82. The first-order valence-electron chi connectivity index (χ1n) is 9.36. The zero-order valence-corrected chi connectivity index (χ0v) is 13.9. The average molecular weight is 308 g/mol. The minimum atomic E-state index is -0.0480. The quantitative estimate of drug-likeness (QED) is 0.746. The first kappa shape index (κ1) is 16.3. The number of carbonyl (C=O) groups excluding carboxylic acids is 1. The SMILES string of the molecule is CC1CCCC2CC(C(=O)NC(CO)C3CCCCC3)NC12. The molecule has 1 heterocycles. The molecule has 0 aromatic carbocycles. The molecule has 3 aliphatic rings. The molecule has 22 heavy (non-hydrogen) atoms. The molecule has 4 nitrogen and oxygen atoms in total. The van der Waals surface area contributed by atoms with Crippen molar-refractivity contribution in [2.75, 3.05) is 6.61 Å². The second-order valence-corrected chi connectivity index (χ2v) is 7.84. The monoisotopic (exact) mass is 308 g/mol. The first-order chi connectivity index (χ1) is 10.7. The topological polar surface area (TPSA) is 61.4 Å². The van der Waals surface area contributed by atoms with Crippen molar-refractivity contribution < 1.29 is 9.90 Å². The van der Waals surface area contributed by atoms with Gasteiger partial charge in [-0.1, -0.05) is 32.6 Å². The summed E-state index contributed by atoms with van der Waals surface area (Å²) in [4.78, 5) is 12.6. The van der Waals surface area contributed by atoms with Crippen LogP contribution >= 0.6 is 0 Å². The molecule has 4 heteroatoms. The molecule has 3 N–H and O–H groups in total. The molecule has 2 aliphatic carbocycles. The lowest BCUT2D eigenvalue weighted by Gasteiger charge is -2.31. The van der Waals surface area contributed by atoms with Crippen LogP contribution in [0.25, 0.3) is 0 Å². The van der Waals surface area contributed by atoms with E-state index in [9.17, 15) is 9.90 Å². The van der Waals surface area contributed by atoms with Crippen LogP contribution in [-0.2, 0) is 4.79 Å². The molecule has 3 rings (SSSR count). The second-order valence-electron chi connectivity index (χ2n) is 7.84. The number of carbonyl (C=O) groups is 1. The van der Waals surface area contributed by atoms with Crippen molar-refractivity contribution in [2.24, 2.45) is 17.8 Å². The second kappa shape index (κ2) is 7.31. The van der Waals surface area contributed by atoms with Crippen LogP contribution in [-0.4, -0.2) is 35.7 Å². The van der Waals surface area contributed by atoms with Crippen LogP contribution in [0.4, 0.5) is 0 Å². The number of aliphatic hydroxyl groups excluding tert-OH is 1. The van der Waals surface area contributed by atoms with Crippen LogP contribution < -0.4 is 10.6 Å². The van der Waals surface area contributed by atoms with Gasteiger partial charge < -0.3 is 15.7 Å². The minimum absolute atomic E-state index is 0.0466. The fourth-order valence-corrected chi connectivity index (χ4v) is 5.01. The summed E-state index contributed by atoms with van der Waals surface area (Å²) in [5.41, 5.74) is 0. The molecule has 1 amide bonds. The predicted molar refractivity (Wildman–Crippen MR) is 87.4 cm³/mol. The lowest BCUT2D eigenvalue weighted by molar-refractivity contribution is -0.124. The molecule has 5 atom stereocenters. The van der Waals surface area contributed by atoms with Crippen molar-refractivity contribution in [2.45, 2.75) is 82.8 Å². The van der Waals surface area contributed by atoms with Gasteiger partial charge in [-0.15, -0.1) is 0 Å². The Balaban J connectivity index is 1.54. The molecular formula is C18H32N2O2. The molecule has 1 saturated heterocycles. The summed E-state index contributed by atoms with van der Waals surface area (Å²) in [6.45, 7) is 2.38. The molecule has 0 spiro atoms. The van der Waals surface area contributed by atoms with Crippen LogP contribution in [0.2, 0.25) is 0 Å². The summed E-state index contributed by atoms with van der Waals surface area (Å²) in [5, 5.41) is 16.4. The van der Waals surface area contributed by atoms with E-state index >= 15 is 0 Å². The molecule has 5 unspecified atom stereocenters. The Morgan fingerprint density at radius 2 is 1.95 bits per heavy atom. The van der Waals surface area contributed by atoms with Gasteiger partial charge in [0.2, 0.25) is 5.91 Å². The highest BCUT2D eigenvalue weighted by Gasteiger charge is 2.41. The summed E-state index contributed by atoms with van der Waals surface area (Å²) < 4.78 is 0. The number of hydrogen-bond acceptors (Lipinski definition) is 3. The van der Waals surface area contributed by atoms with Crippen LogP contribution in [0.1, 0.15) is 64.7 Å². The molecule has 0 aromatic rings. The Morgan fingerprint density at radius 1 is 1.18 bits per heavy atom. The maximum absolute atomic E-state index is 12.6. The van der Waals surface area contributed by atoms with E-state index < -0.39 is 0 Å². The van der Waals surface area contributed by atoms with Gasteiger partial charge in [0.25, 0.3) is 0 Å². The Bertz CT molecular complexity index is 381. The van der Waals surface area contributed by atoms with E-state index in [4.69, 9.17) is 0 Å². The third-order valence-corrected chi connectivity index (χ3v) is 6.35. The van der Waals surface area contributed by atoms with Crippen LogP contribution in [0, 0.1) is 17.8 Å². The Kier molecular flexibility index (Phi) is 5.40. The fraction of sp³-hybridized carbons (Fsp3) is 0.944. The number of fused-ring (bicyclic) bond motifs is 1. The van der Waals surface area contributed by atoms with Crippen molar-refractivity contribution in [3.63, 3.8) is 0 Å². The van der Waals surface area contributed by atoms with Gasteiger partial charge in [0.1, 0.15) is 0 Å². The summed E-state index contributed by atoms with van der Waals surface area (Å²) in [6.07, 6.45) is 10.9. The summed E-state index contributed by atoms with van der Waals surface area (Å²) >= 11 is 0. The lowest BCUT2D eigenvalue weighted by Crippen LogP contribution is -2.51. The van der Waals surface area contributed by atoms with E-state index in [2.05, 4.69) is 17.6 Å². The van der Waals surface area contributed by atoms with Gasteiger partial charge in [-0.2, -0.15) is 0 Å². The first-order valence-corrected chi connectivity index (χ1v) is 9.36. The third kappa shape index (κ3) is 3.48. The summed E-state index contributed by atoms with van der Waals surface area (Å²) in [6, 6.07) is 0.426. The van der Waals surface area contributed by atoms with Crippen molar-refractivity contribution in [3.05, 3.63) is 0 Å². The smallest absolute Gasteiger partial charge is 0.237 e. The molecule has 2 saturated carbocycles. The van der Waals surface area contributed by atoms with E-state index in [1.54, 1.807) is 0 Å². The van der Waals surface area contributed by atoms with Gasteiger partial charge in [-0.05, 0) is 49.9 Å². The largest absolute Gasteiger partial charge is 0.394 e. The van der Waals surface area contributed by atoms with Crippen molar-refractivity contribution in [3.8, 4) is 0 Å². The highest BCUT2D eigenvalue weighted by Crippen LogP contribution is 2.36. The van der Waals surface area contributed by atoms with Gasteiger partial charge >= 0.3 is 0 Å². The molecule has 0 aromatic heterocycles. The molecule has 126 valence electrons. The number of hydrogen-bond donors (Lipinski definition) is 3. The number of amides is 1. The van der Waals surface area contributed by atoms with E-state index in [0.717, 1.165) is 19.3 Å². The standard InChI is InChI=1S/C18H32N2O2/c1-12-6-5-9-14-10-15(19-17(12)14)18(22)20-16(11-21)13-7-3-2-4-8-13/h12-17,19,21H,2-11H2,1H3,(H,20,22). The minimum Gasteiger partial charge on any atom is -0.394 e. The number of aliphatic hydroxyl groups is 1. The molecule has 0 radical (unpaired) electrons. The normalized spacial score (nSPS) is 37.5. The van der Waals surface area contributed by atoms with Crippen molar-refractivity contribution >= 4 is 5.91 Å². The highest BCUT2D eigenvalue weighted by atomic mass is 16.3.